The number of methoxy groups -OCH3 is 2. The van der Waals surface area contributed by atoms with Crippen LogP contribution in [0.1, 0.15) is 0 Å². The Labute approximate surface area is 190 Å². The molecular formula is C22H18BrN3O4S. The van der Waals surface area contributed by atoms with Crippen LogP contribution >= 0.6 is 27.3 Å². The van der Waals surface area contributed by atoms with E-state index in [4.69, 9.17) is 9.47 Å². The summed E-state index contributed by atoms with van der Waals surface area (Å²) in [6.45, 7) is -0.174. The van der Waals surface area contributed by atoms with Crippen LogP contribution in [0.3, 0.4) is 0 Å². The number of nitrogens with zero attached hydrogens (tertiary/aromatic N) is 2. The highest BCUT2D eigenvalue weighted by Gasteiger charge is 2.16. The Morgan fingerprint density at radius 3 is 2.65 bits per heavy atom. The van der Waals surface area contributed by atoms with E-state index in [0.717, 1.165) is 15.6 Å². The minimum Gasteiger partial charge on any atom is -0.497 e. The van der Waals surface area contributed by atoms with Gasteiger partial charge in [-0.3, -0.25) is 14.2 Å². The van der Waals surface area contributed by atoms with Crippen LogP contribution in [-0.4, -0.2) is 29.7 Å². The lowest BCUT2D eigenvalue weighted by atomic mass is 10.1. The van der Waals surface area contributed by atoms with Gasteiger partial charge in [0.2, 0.25) is 5.91 Å². The Morgan fingerprint density at radius 2 is 1.94 bits per heavy atom. The Morgan fingerprint density at radius 1 is 1.16 bits per heavy atom. The molecule has 0 saturated heterocycles. The smallest absolute Gasteiger partial charge is 0.263 e. The van der Waals surface area contributed by atoms with Crippen LogP contribution in [0.4, 0.5) is 5.69 Å². The van der Waals surface area contributed by atoms with Crippen molar-refractivity contribution in [1.82, 2.24) is 9.55 Å². The normalized spacial score (nSPS) is 10.8. The number of benzene rings is 2. The van der Waals surface area contributed by atoms with Crippen LogP contribution in [0.15, 0.2) is 63.4 Å². The Hall–Kier alpha value is -3.17. The molecule has 4 aromatic rings. The van der Waals surface area contributed by atoms with E-state index in [9.17, 15) is 9.59 Å². The van der Waals surface area contributed by atoms with E-state index < -0.39 is 0 Å². The number of aromatic nitrogens is 2. The van der Waals surface area contributed by atoms with Crippen molar-refractivity contribution in [3.05, 3.63) is 69.0 Å². The summed E-state index contributed by atoms with van der Waals surface area (Å²) in [6, 6.07) is 12.8. The van der Waals surface area contributed by atoms with Gasteiger partial charge in [0.15, 0.2) is 0 Å². The fraction of sp³-hybridized carbons (Fsp3) is 0.136. The lowest BCUT2D eigenvalue weighted by Crippen LogP contribution is -2.27. The summed E-state index contributed by atoms with van der Waals surface area (Å²) in [5.41, 5.74) is 1.94. The fourth-order valence-electron chi connectivity index (χ4n) is 3.17. The molecular weight excluding hydrogens is 482 g/mol. The monoisotopic (exact) mass is 499 g/mol. The predicted octanol–water partition coefficient (Wildman–Crippen LogP) is 4.54. The number of carbonyl (C=O) groups is 1. The molecule has 1 N–H and O–H groups in total. The van der Waals surface area contributed by atoms with Gasteiger partial charge >= 0.3 is 0 Å². The molecule has 0 aliphatic rings. The molecule has 0 radical (unpaired) electrons. The summed E-state index contributed by atoms with van der Waals surface area (Å²) < 4.78 is 12.7. The van der Waals surface area contributed by atoms with E-state index in [0.29, 0.717) is 27.4 Å². The van der Waals surface area contributed by atoms with Crippen LogP contribution in [0.25, 0.3) is 21.3 Å². The second-order valence-electron chi connectivity index (χ2n) is 6.63. The average molecular weight is 500 g/mol. The molecule has 0 aliphatic carbocycles. The maximum atomic E-state index is 13.1. The van der Waals surface area contributed by atoms with Gasteiger partial charge in [0, 0.05) is 21.5 Å². The van der Waals surface area contributed by atoms with E-state index in [2.05, 4.69) is 26.2 Å². The van der Waals surface area contributed by atoms with Crippen molar-refractivity contribution < 1.29 is 14.3 Å². The molecule has 2 aromatic carbocycles. The summed E-state index contributed by atoms with van der Waals surface area (Å²) in [4.78, 5) is 30.8. The molecule has 1 amide bonds. The van der Waals surface area contributed by atoms with Crippen molar-refractivity contribution in [2.24, 2.45) is 0 Å². The number of thiophene rings is 1. The van der Waals surface area contributed by atoms with Gasteiger partial charge in [-0.25, -0.2) is 4.98 Å². The highest BCUT2D eigenvalue weighted by Crippen LogP contribution is 2.31. The number of hydrogen-bond donors (Lipinski definition) is 1. The van der Waals surface area contributed by atoms with E-state index >= 15 is 0 Å². The molecule has 31 heavy (non-hydrogen) atoms. The lowest BCUT2D eigenvalue weighted by molar-refractivity contribution is -0.116. The molecule has 0 saturated carbocycles. The SMILES string of the molecule is COc1ccc(NC(=O)Cn2cnc3scc(-c4ccc(Br)cc4)c3c2=O)c(OC)c1. The third kappa shape index (κ3) is 4.33. The second kappa shape index (κ2) is 8.91. The molecule has 0 unspecified atom stereocenters. The maximum absolute atomic E-state index is 13.1. The van der Waals surface area contributed by atoms with Gasteiger partial charge in [0.1, 0.15) is 22.9 Å². The van der Waals surface area contributed by atoms with Gasteiger partial charge in [-0.2, -0.15) is 0 Å². The van der Waals surface area contributed by atoms with Gasteiger partial charge in [0.05, 0.1) is 31.6 Å². The zero-order valence-electron chi connectivity index (χ0n) is 16.7. The summed E-state index contributed by atoms with van der Waals surface area (Å²) in [5, 5.41) is 5.19. The predicted molar refractivity (Wildman–Crippen MR) is 125 cm³/mol. The summed E-state index contributed by atoms with van der Waals surface area (Å²) in [6.07, 6.45) is 1.40. The first-order valence-electron chi connectivity index (χ1n) is 9.24. The largest absolute Gasteiger partial charge is 0.497 e. The first kappa shape index (κ1) is 21.1. The zero-order valence-corrected chi connectivity index (χ0v) is 19.1. The Bertz CT molecular complexity index is 1310. The van der Waals surface area contributed by atoms with Gasteiger partial charge in [-0.15, -0.1) is 11.3 Å². The molecule has 0 bridgehead atoms. The molecule has 9 heteroatoms. The molecule has 2 heterocycles. The number of fused-ring (bicyclic) bond motifs is 1. The van der Waals surface area contributed by atoms with Gasteiger partial charge in [0.25, 0.3) is 5.56 Å². The highest BCUT2D eigenvalue weighted by atomic mass is 79.9. The zero-order chi connectivity index (χ0) is 22.0. The molecule has 7 nitrogen and oxygen atoms in total. The summed E-state index contributed by atoms with van der Waals surface area (Å²) in [7, 11) is 3.06. The van der Waals surface area contributed by atoms with Gasteiger partial charge < -0.3 is 14.8 Å². The van der Waals surface area contributed by atoms with Crippen molar-refractivity contribution in [2.75, 3.05) is 19.5 Å². The standard InChI is InChI=1S/C22H18BrN3O4S/c1-29-15-7-8-17(18(9-15)30-2)25-19(27)10-26-12-24-21-20(22(26)28)16(11-31-21)13-3-5-14(23)6-4-13/h3-9,11-12H,10H2,1-2H3,(H,25,27). The lowest BCUT2D eigenvalue weighted by Gasteiger charge is -2.12. The third-order valence-corrected chi connectivity index (χ3v) is 6.13. The summed E-state index contributed by atoms with van der Waals surface area (Å²) >= 11 is 4.82. The second-order valence-corrected chi connectivity index (χ2v) is 8.40. The number of halogens is 1. The fourth-order valence-corrected chi connectivity index (χ4v) is 4.34. The quantitative estimate of drug-likeness (QED) is 0.420. The van der Waals surface area contributed by atoms with E-state index in [-0.39, 0.29) is 18.0 Å². The van der Waals surface area contributed by atoms with Gasteiger partial charge in [-0.1, -0.05) is 28.1 Å². The first-order chi connectivity index (χ1) is 15.0. The Balaban J connectivity index is 1.62. The van der Waals surface area contributed by atoms with Crippen LogP contribution in [0.2, 0.25) is 0 Å². The van der Waals surface area contributed by atoms with Crippen LogP contribution in [0, 0.1) is 0 Å². The molecule has 0 spiro atoms. The maximum Gasteiger partial charge on any atom is 0.263 e. The number of rotatable bonds is 6. The molecule has 0 fully saturated rings. The average Bonchev–Trinajstić information content (AvgIpc) is 3.21. The van der Waals surface area contributed by atoms with Crippen molar-refractivity contribution >= 4 is 49.1 Å². The first-order valence-corrected chi connectivity index (χ1v) is 10.9. The number of hydrogen-bond acceptors (Lipinski definition) is 6. The summed E-state index contributed by atoms with van der Waals surface area (Å²) in [5.74, 6) is 0.703. The van der Waals surface area contributed by atoms with Crippen molar-refractivity contribution in [1.29, 1.82) is 0 Å². The van der Waals surface area contributed by atoms with Crippen LogP contribution in [-0.2, 0) is 11.3 Å². The van der Waals surface area contributed by atoms with Crippen molar-refractivity contribution in [3.63, 3.8) is 0 Å². The van der Waals surface area contributed by atoms with E-state index in [1.54, 1.807) is 25.3 Å². The van der Waals surface area contributed by atoms with E-state index in [1.165, 1.54) is 29.3 Å². The number of anilines is 1. The molecule has 0 aliphatic heterocycles. The van der Waals surface area contributed by atoms with Crippen molar-refractivity contribution in [2.45, 2.75) is 6.54 Å². The third-order valence-electron chi connectivity index (χ3n) is 4.71. The number of nitrogens with one attached hydrogen (secondary N) is 1. The number of amides is 1. The molecule has 158 valence electrons. The van der Waals surface area contributed by atoms with Crippen LogP contribution in [0.5, 0.6) is 11.5 Å². The molecule has 0 atom stereocenters. The van der Waals surface area contributed by atoms with E-state index in [1.807, 2.05) is 29.6 Å². The topological polar surface area (TPSA) is 82.5 Å². The number of ether oxygens (including phenoxy) is 2. The van der Waals surface area contributed by atoms with Crippen LogP contribution < -0.4 is 20.3 Å². The highest BCUT2D eigenvalue weighted by molar-refractivity contribution is 9.10. The molecule has 4 rings (SSSR count). The Kier molecular flexibility index (Phi) is 6.06. The minimum absolute atomic E-state index is 0.174. The van der Waals surface area contributed by atoms with Crippen molar-refractivity contribution in [3.8, 4) is 22.6 Å². The minimum atomic E-state index is -0.368. The number of carbonyl (C=O) groups excluding carboxylic acids is 1. The molecule has 2 aromatic heterocycles. The van der Waals surface area contributed by atoms with Gasteiger partial charge in [-0.05, 0) is 29.8 Å².